The Balaban J connectivity index is 1.50. The molecule has 5 nitrogen and oxygen atoms in total. The molecule has 6 heteroatoms. The monoisotopic (exact) mass is 395 g/mol. The van der Waals surface area contributed by atoms with Crippen LogP contribution in [0, 0.1) is 0 Å². The summed E-state index contributed by atoms with van der Waals surface area (Å²) < 4.78 is 5.29. The Morgan fingerprint density at radius 1 is 1.11 bits per heavy atom. The summed E-state index contributed by atoms with van der Waals surface area (Å²) in [6.07, 6.45) is 2.51. The molecule has 0 aliphatic carbocycles. The molecule has 0 saturated heterocycles. The van der Waals surface area contributed by atoms with Crippen molar-refractivity contribution in [1.29, 1.82) is 0 Å². The number of hydrogen-bond acceptors (Lipinski definition) is 4. The lowest BCUT2D eigenvalue weighted by Crippen LogP contribution is -2.24. The second-order valence-electron chi connectivity index (χ2n) is 6.23. The fourth-order valence-electron chi connectivity index (χ4n) is 2.79. The van der Waals surface area contributed by atoms with Gasteiger partial charge in [0.1, 0.15) is 11.4 Å². The minimum Gasteiger partial charge on any atom is -0.496 e. The van der Waals surface area contributed by atoms with Gasteiger partial charge in [0.05, 0.1) is 19.0 Å². The summed E-state index contributed by atoms with van der Waals surface area (Å²) in [5.74, 6) is 0.520. The zero-order valence-electron chi connectivity index (χ0n) is 15.6. The fourth-order valence-corrected chi connectivity index (χ4v) is 3.00. The van der Waals surface area contributed by atoms with E-state index in [1.807, 2.05) is 54.6 Å². The first-order valence-corrected chi connectivity index (χ1v) is 9.38. The normalized spacial score (nSPS) is 10.4. The second kappa shape index (κ2) is 9.76. The van der Waals surface area contributed by atoms with Gasteiger partial charge in [-0.25, -0.2) is 4.98 Å². The number of pyridine rings is 1. The van der Waals surface area contributed by atoms with Gasteiger partial charge in [-0.2, -0.15) is 0 Å². The van der Waals surface area contributed by atoms with Crippen LogP contribution in [0.4, 0.5) is 5.69 Å². The maximum Gasteiger partial charge on any atom is 0.270 e. The lowest BCUT2D eigenvalue weighted by atomic mass is 10.1. The molecule has 1 heterocycles. The van der Waals surface area contributed by atoms with Crippen LogP contribution in [0.1, 0.15) is 21.6 Å². The summed E-state index contributed by atoms with van der Waals surface area (Å²) in [5.41, 5.74) is 3.32. The average Bonchev–Trinajstić information content (AvgIpc) is 2.73. The molecule has 0 spiro atoms. The molecule has 144 valence electrons. The van der Waals surface area contributed by atoms with E-state index in [1.165, 1.54) is 5.56 Å². The van der Waals surface area contributed by atoms with Crippen LogP contribution in [0.5, 0.6) is 5.75 Å². The molecule has 28 heavy (non-hydrogen) atoms. The van der Waals surface area contributed by atoms with E-state index in [1.54, 1.807) is 19.4 Å². The van der Waals surface area contributed by atoms with E-state index in [0.717, 1.165) is 35.0 Å². The van der Waals surface area contributed by atoms with Crippen molar-refractivity contribution in [2.45, 2.75) is 13.0 Å². The third-order valence-electron chi connectivity index (χ3n) is 4.26. The van der Waals surface area contributed by atoms with Gasteiger partial charge in [0, 0.05) is 23.7 Å². The van der Waals surface area contributed by atoms with Crippen LogP contribution < -0.4 is 15.4 Å². The molecule has 0 aliphatic heterocycles. The summed E-state index contributed by atoms with van der Waals surface area (Å²) in [5, 5.41) is 6.90. The lowest BCUT2D eigenvalue weighted by molar-refractivity contribution is 0.0945. The number of halogens is 1. The van der Waals surface area contributed by atoms with Gasteiger partial charge in [-0.05, 0) is 42.3 Å². The summed E-state index contributed by atoms with van der Waals surface area (Å²) in [6.45, 7) is 1.13. The molecule has 3 rings (SSSR count). The number of para-hydroxylation sites is 1. The third kappa shape index (κ3) is 5.47. The molecule has 1 aromatic heterocycles. The first-order chi connectivity index (χ1) is 13.7. The molecule has 0 atom stereocenters. The van der Waals surface area contributed by atoms with Crippen molar-refractivity contribution in [2.24, 2.45) is 0 Å². The maximum absolute atomic E-state index is 12.3. The van der Waals surface area contributed by atoms with E-state index in [2.05, 4.69) is 15.6 Å². The van der Waals surface area contributed by atoms with E-state index >= 15 is 0 Å². The number of ether oxygens (including phenoxy) is 1. The standard InChI is InChI=1S/C22H22ClN3O2/c1-28-21-8-3-2-6-17(21)14-26-22(27)20-10-9-19(15-25-20)24-12-11-16-5-4-7-18(23)13-16/h2-10,13,15,24H,11-12,14H2,1H3,(H,26,27). The van der Waals surface area contributed by atoms with Gasteiger partial charge < -0.3 is 15.4 Å². The molecule has 0 aliphatic rings. The number of nitrogens with zero attached hydrogens (tertiary/aromatic N) is 1. The largest absolute Gasteiger partial charge is 0.496 e. The van der Waals surface area contributed by atoms with Crippen LogP contribution in [0.25, 0.3) is 0 Å². The van der Waals surface area contributed by atoms with Gasteiger partial charge in [0.25, 0.3) is 5.91 Å². The molecule has 2 N–H and O–H groups in total. The Labute approximate surface area is 169 Å². The van der Waals surface area contributed by atoms with Crippen molar-refractivity contribution >= 4 is 23.2 Å². The first kappa shape index (κ1) is 19.7. The van der Waals surface area contributed by atoms with E-state index < -0.39 is 0 Å². The van der Waals surface area contributed by atoms with E-state index in [4.69, 9.17) is 16.3 Å². The Bertz CT molecular complexity index is 929. The number of hydrogen-bond donors (Lipinski definition) is 2. The highest BCUT2D eigenvalue weighted by Crippen LogP contribution is 2.17. The van der Waals surface area contributed by atoms with Gasteiger partial charge in [0.15, 0.2) is 0 Å². The van der Waals surface area contributed by atoms with Crippen molar-refractivity contribution in [3.63, 3.8) is 0 Å². The van der Waals surface area contributed by atoms with E-state index in [0.29, 0.717) is 12.2 Å². The summed E-state index contributed by atoms with van der Waals surface area (Å²) in [4.78, 5) is 16.6. The number of rotatable bonds is 8. The van der Waals surface area contributed by atoms with Crippen LogP contribution in [-0.4, -0.2) is 24.5 Å². The van der Waals surface area contributed by atoms with Crippen molar-refractivity contribution in [2.75, 3.05) is 19.0 Å². The first-order valence-electron chi connectivity index (χ1n) is 9.00. The fraction of sp³-hybridized carbons (Fsp3) is 0.182. The number of nitrogens with one attached hydrogen (secondary N) is 2. The average molecular weight is 396 g/mol. The van der Waals surface area contributed by atoms with Gasteiger partial charge in [-0.3, -0.25) is 4.79 Å². The predicted octanol–water partition coefficient (Wildman–Crippen LogP) is 4.33. The van der Waals surface area contributed by atoms with Crippen LogP contribution in [0.2, 0.25) is 5.02 Å². The molecule has 0 bridgehead atoms. The minimum atomic E-state index is -0.226. The van der Waals surface area contributed by atoms with Crippen LogP contribution in [0.15, 0.2) is 66.9 Å². The smallest absolute Gasteiger partial charge is 0.270 e. The van der Waals surface area contributed by atoms with Gasteiger partial charge in [-0.1, -0.05) is 41.9 Å². The lowest BCUT2D eigenvalue weighted by Gasteiger charge is -2.10. The Hall–Kier alpha value is -3.05. The quantitative estimate of drug-likeness (QED) is 0.596. The molecule has 0 saturated carbocycles. The van der Waals surface area contributed by atoms with Crippen LogP contribution >= 0.6 is 11.6 Å². The number of carbonyl (C=O) groups is 1. The highest BCUT2D eigenvalue weighted by molar-refractivity contribution is 6.30. The predicted molar refractivity (Wildman–Crippen MR) is 112 cm³/mol. The van der Waals surface area contributed by atoms with Crippen molar-refractivity contribution in [1.82, 2.24) is 10.3 Å². The van der Waals surface area contributed by atoms with Crippen molar-refractivity contribution in [3.8, 4) is 5.75 Å². The third-order valence-corrected chi connectivity index (χ3v) is 4.49. The van der Waals surface area contributed by atoms with Crippen molar-refractivity contribution in [3.05, 3.63) is 88.7 Å². The zero-order valence-corrected chi connectivity index (χ0v) is 16.4. The SMILES string of the molecule is COc1ccccc1CNC(=O)c1ccc(NCCc2cccc(Cl)c2)cn1. The number of methoxy groups -OCH3 is 1. The molecule has 0 unspecified atom stereocenters. The summed E-state index contributed by atoms with van der Waals surface area (Å²) in [7, 11) is 1.61. The highest BCUT2D eigenvalue weighted by Gasteiger charge is 2.09. The van der Waals surface area contributed by atoms with Crippen molar-refractivity contribution < 1.29 is 9.53 Å². The molecule has 3 aromatic rings. The maximum atomic E-state index is 12.3. The Morgan fingerprint density at radius 3 is 2.71 bits per heavy atom. The topological polar surface area (TPSA) is 63.2 Å². The zero-order chi connectivity index (χ0) is 19.8. The molecule has 0 fully saturated rings. The molecular weight excluding hydrogens is 374 g/mol. The molecular formula is C22H22ClN3O2. The molecule has 0 radical (unpaired) electrons. The van der Waals surface area contributed by atoms with Gasteiger partial charge >= 0.3 is 0 Å². The Morgan fingerprint density at radius 2 is 1.96 bits per heavy atom. The van der Waals surface area contributed by atoms with E-state index in [-0.39, 0.29) is 5.91 Å². The summed E-state index contributed by atoms with van der Waals surface area (Å²) in [6, 6.07) is 18.9. The van der Waals surface area contributed by atoms with Gasteiger partial charge in [0.2, 0.25) is 0 Å². The minimum absolute atomic E-state index is 0.226. The van der Waals surface area contributed by atoms with Crippen LogP contribution in [0.3, 0.4) is 0 Å². The summed E-state index contributed by atoms with van der Waals surface area (Å²) >= 11 is 5.99. The number of benzene rings is 2. The van der Waals surface area contributed by atoms with Crippen LogP contribution in [-0.2, 0) is 13.0 Å². The van der Waals surface area contributed by atoms with E-state index in [9.17, 15) is 4.79 Å². The molecule has 1 amide bonds. The molecule has 2 aromatic carbocycles. The Kier molecular flexibility index (Phi) is 6.87. The highest BCUT2D eigenvalue weighted by atomic mass is 35.5. The van der Waals surface area contributed by atoms with Gasteiger partial charge in [-0.15, -0.1) is 0 Å². The number of anilines is 1. The number of carbonyl (C=O) groups excluding carboxylic acids is 1. The second-order valence-corrected chi connectivity index (χ2v) is 6.67. The number of aromatic nitrogens is 1. The number of amides is 1.